The standard InChI is InChI=1S/C14H19N3O2S.ClH/c1-3-8(2)13(15)14(19)16-9-4-5-11-10(6-9)17-12(18)7-20-11;/h4-6,8,13H,3,7,15H2,1-2H3,(H,16,19)(H,17,18);1H. The van der Waals surface area contributed by atoms with Crippen molar-refractivity contribution >= 4 is 47.4 Å². The van der Waals surface area contributed by atoms with Crippen LogP contribution in [0.2, 0.25) is 0 Å². The third kappa shape index (κ3) is 4.36. The lowest BCUT2D eigenvalue weighted by atomic mass is 9.99. The highest BCUT2D eigenvalue weighted by atomic mass is 35.5. The third-order valence-electron chi connectivity index (χ3n) is 3.44. The molecule has 2 amide bonds. The Balaban J connectivity index is 0.00000220. The maximum atomic E-state index is 12.0. The molecule has 1 aliphatic heterocycles. The normalized spacial score (nSPS) is 16.0. The fourth-order valence-electron chi connectivity index (χ4n) is 1.90. The van der Waals surface area contributed by atoms with Gasteiger partial charge >= 0.3 is 0 Å². The Bertz CT molecular complexity index is 539. The van der Waals surface area contributed by atoms with Crippen molar-refractivity contribution in [3.8, 4) is 0 Å². The highest BCUT2D eigenvalue weighted by Gasteiger charge is 2.20. The second-order valence-corrected chi connectivity index (χ2v) is 5.97. The lowest BCUT2D eigenvalue weighted by molar-refractivity contribution is -0.118. The summed E-state index contributed by atoms with van der Waals surface area (Å²) in [4.78, 5) is 24.4. The number of hydrogen-bond acceptors (Lipinski definition) is 4. The number of thioether (sulfide) groups is 1. The van der Waals surface area contributed by atoms with Crippen LogP contribution >= 0.6 is 24.2 Å². The van der Waals surface area contributed by atoms with Crippen LogP contribution in [-0.2, 0) is 9.59 Å². The van der Waals surface area contributed by atoms with Crippen molar-refractivity contribution < 1.29 is 9.59 Å². The van der Waals surface area contributed by atoms with Crippen LogP contribution in [0.25, 0.3) is 0 Å². The monoisotopic (exact) mass is 329 g/mol. The van der Waals surface area contributed by atoms with Gasteiger partial charge in [-0.2, -0.15) is 0 Å². The molecule has 1 aliphatic rings. The maximum Gasteiger partial charge on any atom is 0.241 e. The Morgan fingerprint density at radius 1 is 1.52 bits per heavy atom. The van der Waals surface area contributed by atoms with Gasteiger partial charge in [0.1, 0.15) is 0 Å². The summed E-state index contributed by atoms with van der Waals surface area (Å²) >= 11 is 1.49. The Morgan fingerprint density at radius 2 is 2.24 bits per heavy atom. The van der Waals surface area contributed by atoms with Crippen molar-refractivity contribution in [3.63, 3.8) is 0 Å². The minimum Gasteiger partial charge on any atom is -0.325 e. The molecule has 0 aromatic heterocycles. The molecule has 0 radical (unpaired) electrons. The quantitative estimate of drug-likeness (QED) is 0.792. The molecule has 0 spiro atoms. The number of nitrogens with one attached hydrogen (secondary N) is 2. The van der Waals surface area contributed by atoms with Crippen molar-refractivity contribution in [2.75, 3.05) is 16.4 Å². The van der Waals surface area contributed by atoms with E-state index >= 15 is 0 Å². The van der Waals surface area contributed by atoms with Crippen molar-refractivity contribution in [1.29, 1.82) is 0 Å². The van der Waals surface area contributed by atoms with Crippen LogP contribution in [0.15, 0.2) is 23.1 Å². The van der Waals surface area contributed by atoms with Gasteiger partial charge in [0.2, 0.25) is 11.8 Å². The summed E-state index contributed by atoms with van der Waals surface area (Å²) in [5.41, 5.74) is 7.28. The van der Waals surface area contributed by atoms with Gasteiger partial charge in [0.25, 0.3) is 0 Å². The fourth-order valence-corrected chi connectivity index (χ4v) is 2.69. The summed E-state index contributed by atoms with van der Waals surface area (Å²) in [6, 6.07) is 4.95. The van der Waals surface area contributed by atoms with Gasteiger partial charge in [-0.05, 0) is 24.1 Å². The number of benzene rings is 1. The number of amides is 2. The zero-order chi connectivity index (χ0) is 14.7. The second kappa shape index (κ2) is 7.68. The molecule has 1 aromatic carbocycles. The van der Waals surface area contributed by atoms with Crippen molar-refractivity contribution in [1.82, 2.24) is 0 Å². The van der Waals surface area contributed by atoms with E-state index in [1.54, 1.807) is 6.07 Å². The summed E-state index contributed by atoms with van der Waals surface area (Å²) in [7, 11) is 0. The minimum absolute atomic E-state index is 0. The average Bonchev–Trinajstić information content (AvgIpc) is 2.45. The van der Waals surface area contributed by atoms with Gasteiger partial charge < -0.3 is 16.4 Å². The molecular weight excluding hydrogens is 310 g/mol. The van der Waals surface area contributed by atoms with Crippen molar-refractivity contribution in [2.45, 2.75) is 31.2 Å². The SMILES string of the molecule is CCC(C)C(N)C(=O)Nc1ccc2c(c1)NC(=O)CS2.Cl. The minimum atomic E-state index is -0.528. The van der Waals surface area contributed by atoms with Crippen LogP contribution in [0, 0.1) is 5.92 Å². The van der Waals surface area contributed by atoms with Crippen LogP contribution in [0.5, 0.6) is 0 Å². The number of halogens is 1. The molecule has 0 saturated heterocycles. The largest absolute Gasteiger partial charge is 0.325 e. The van der Waals surface area contributed by atoms with Crippen LogP contribution in [0.3, 0.4) is 0 Å². The van der Waals surface area contributed by atoms with Crippen LogP contribution in [0.4, 0.5) is 11.4 Å². The average molecular weight is 330 g/mol. The van der Waals surface area contributed by atoms with Crippen molar-refractivity contribution in [2.24, 2.45) is 11.7 Å². The molecule has 2 unspecified atom stereocenters. The maximum absolute atomic E-state index is 12.0. The number of carbonyl (C=O) groups is 2. The van der Waals surface area contributed by atoms with Gasteiger partial charge in [0.15, 0.2) is 0 Å². The van der Waals surface area contributed by atoms with Gasteiger partial charge in [0, 0.05) is 10.6 Å². The van der Waals surface area contributed by atoms with Crippen LogP contribution < -0.4 is 16.4 Å². The molecule has 2 atom stereocenters. The van der Waals surface area contributed by atoms with Gasteiger partial charge in [-0.1, -0.05) is 20.3 Å². The van der Waals surface area contributed by atoms with Gasteiger partial charge in [-0.15, -0.1) is 24.2 Å². The highest BCUT2D eigenvalue weighted by molar-refractivity contribution is 8.00. The van der Waals surface area contributed by atoms with E-state index in [9.17, 15) is 9.59 Å². The zero-order valence-corrected chi connectivity index (χ0v) is 13.6. The first-order valence-electron chi connectivity index (χ1n) is 6.64. The first kappa shape index (κ1) is 17.8. The molecule has 5 nitrogen and oxygen atoms in total. The van der Waals surface area contributed by atoms with E-state index in [0.717, 1.165) is 17.0 Å². The summed E-state index contributed by atoms with van der Waals surface area (Å²) < 4.78 is 0. The van der Waals surface area contributed by atoms with Gasteiger partial charge in [-0.25, -0.2) is 0 Å². The molecule has 116 valence electrons. The number of anilines is 2. The first-order valence-corrected chi connectivity index (χ1v) is 7.63. The Labute approximate surface area is 134 Å². The van der Waals surface area contributed by atoms with E-state index in [1.807, 2.05) is 26.0 Å². The highest BCUT2D eigenvalue weighted by Crippen LogP contribution is 2.33. The van der Waals surface area contributed by atoms with E-state index in [1.165, 1.54) is 11.8 Å². The third-order valence-corrected chi connectivity index (χ3v) is 4.51. The number of nitrogens with two attached hydrogens (primary N) is 1. The molecule has 7 heteroatoms. The summed E-state index contributed by atoms with van der Waals surface area (Å²) in [5.74, 6) is 0.330. The van der Waals surface area contributed by atoms with Gasteiger partial charge in [-0.3, -0.25) is 9.59 Å². The Kier molecular flexibility index (Phi) is 6.51. The molecule has 4 N–H and O–H groups in total. The van der Waals surface area contributed by atoms with E-state index < -0.39 is 6.04 Å². The molecule has 0 saturated carbocycles. The molecule has 1 heterocycles. The predicted octanol–water partition coefficient (Wildman–Crippen LogP) is 2.46. The van der Waals surface area contributed by atoms with Crippen LogP contribution in [0.1, 0.15) is 20.3 Å². The number of hydrogen-bond donors (Lipinski definition) is 3. The number of rotatable bonds is 4. The topological polar surface area (TPSA) is 84.2 Å². The molecule has 21 heavy (non-hydrogen) atoms. The van der Waals surface area contributed by atoms with Gasteiger partial charge in [0.05, 0.1) is 17.5 Å². The lowest BCUT2D eigenvalue weighted by Crippen LogP contribution is -2.40. The Morgan fingerprint density at radius 3 is 2.90 bits per heavy atom. The molecule has 1 aromatic rings. The number of fused-ring (bicyclic) bond motifs is 1. The van der Waals surface area contributed by atoms with E-state index in [4.69, 9.17) is 5.73 Å². The summed E-state index contributed by atoms with van der Waals surface area (Å²) in [6.07, 6.45) is 0.853. The predicted molar refractivity (Wildman–Crippen MR) is 89.1 cm³/mol. The van der Waals surface area contributed by atoms with Crippen LogP contribution in [-0.4, -0.2) is 23.6 Å². The summed E-state index contributed by atoms with van der Waals surface area (Å²) in [5, 5.41) is 5.59. The smallest absolute Gasteiger partial charge is 0.241 e. The summed E-state index contributed by atoms with van der Waals surface area (Å²) in [6.45, 7) is 3.96. The molecular formula is C14H20ClN3O2S. The second-order valence-electron chi connectivity index (χ2n) is 4.95. The first-order chi connectivity index (χ1) is 9.51. The van der Waals surface area contributed by atoms with Crippen molar-refractivity contribution in [3.05, 3.63) is 18.2 Å². The van der Waals surface area contributed by atoms with E-state index in [2.05, 4.69) is 10.6 Å². The lowest BCUT2D eigenvalue weighted by Gasteiger charge is -2.20. The molecule has 0 bridgehead atoms. The van der Waals surface area contributed by atoms with E-state index in [0.29, 0.717) is 11.4 Å². The molecule has 2 rings (SSSR count). The zero-order valence-electron chi connectivity index (χ0n) is 12.0. The molecule has 0 fully saturated rings. The van der Waals surface area contributed by atoms with E-state index in [-0.39, 0.29) is 30.1 Å². The number of carbonyl (C=O) groups excluding carboxylic acids is 2. The Hall–Kier alpha value is -1.24. The molecule has 0 aliphatic carbocycles. The fraction of sp³-hybridized carbons (Fsp3) is 0.429.